The number of methoxy groups -OCH3 is 1. The lowest BCUT2D eigenvalue weighted by Crippen LogP contribution is -2.22. The molecular formula is C12H15ClO4S. The number of thioether (sulfide) groups is 1. The Balaban J connectivity index is 2.88. The number of carbonyl (C=O) groups excluding carboxylic acids is 1. The standard InChI is InChI=1S/C12H15ClO4S/c1-7(14)18-6-9(15)12(16)11-8(13)4-3-5-10(11)17-2/h3-5,9,12,15-16H,6H2,1-2H3. The fourth-order valence-corrected chi connectivity index (χ4v) is 2.33. The van der Waals surface area contributed by atoms with Crippen LogP contribution in [-0.2, 0) is 4.79 Å². The fourth-order valence-electron chi connectivity index (χ4n) is 1.47. The zero-order valence-electron chi connectivity index (χ0n) is 10.1. The van der Waals surface area contributed by atoms with E-state index in [1.54, 1.807) is 18.2 Å². The van der Waals surface area contributed by atoms with Gasteiger partial charge in [-0.15, -0.1) is 0 Å². The Morgan fingerprint density at radius 1 is 1.50 bits per heavy atom. The molecule has 0 amide bonds. The lowest BCUT2D eigenvalue weighted by molar-refractivity contribution is -0.109. The van der Waals surface area contributed by atoms with Crippen LogP contribution in [0.25, 0.3) is 0 Å². The number of hydrogen-bond acceptors (Lipinski definition) is 5. The largest absolute Gasteiger partial charge is 0.496 e. The van der Waals surface area contributed by atoms with Gasteiger partial charge in [0.15, 0.2) is 5.12 Å². The molecule has 1 aromatic carbocycles. The molecule has 100 valence electrons. The van der Waals surface area contributed by atoms with Crippen LogP contribution in [0.15, 0.2) is 18.2 Å². The highest BCUT2D eigenvalue weighted by molar-refractivity contribution is 8.13. The minimum absolute atomic E-state index is 0.102. The number of aliphatic hydroxyl groups excluding tert-OH is 2. The fraction of sp³-hybridized carbons (Fsp3) is 0.417. The van der Waals surface area contributed by atoms with Crippen molar-refractivity contribution in [2.75, 3.05) is 12.9 Å². The summed E-state index contributed by atoms with van der Waals surface area (Å²) in [6.45, 7) is 1.40. The Morgan fingerprint density at radius 3 is 2.72 bits per heavy atom. The second-order valence-corrected chi connectivity index (χ2v) is 5.27. The molecule has 0 aliphatic heterocycles. The van der Waals surface area contributed by atoms with E-state index in [1.165, 1.54) is 14.0 Å². The van der Waals surface area contributed by atoms with Crippen molar-refractivity contribution < 1.29 is 19.7 Å². The van der Waals surface area contributed by atoms with Crippen molar-refractivity contribution in [3.8, 4) is 5.75 Å². The third-order valence-corrected chi connectivity index (χ3v) is 3.59. The first-order valence-electron chi connectivity index (χ1n) is 5.29. The van der Waals surface area contributed by atoms with Gasteiger partial charge in [-0.2, -0.15) is 0 Å². The van der Waals surface area contributed by atoms with Gasteiger partial charge in [-0.3, -0.25) is 4.79 Å². The third-order valence-electron chi connectivity index (χ3n) is 2.35. The number of halogens is 1. The van der Waals surface area contributed by atoms with Crippen LogP contribution in [-0.4, -0.2) is 34.3 Å². The maximum absolute atomic E-state index is 10.8. The van der Waals surface area contributed by atoms with E-state index in [4.69, 9.17) is 16.3 Å². The average molecular weight is 291 g/mol. The molecule has 0 aliphatic rings. The second kappa shape index (κ2) is 6.99. The van der Waals surface area contributed by atoms with E-state index in [2.05, 4.69) is 0 Å². The molecule has 0 aromatic heterocycles. The lowest BCUT2D eigenvalue weighted by Gasteiger charge is -2.20. The van der Waals surface area contributed by atoms with Crippen molar-refractivity contribution in [1.82, 2.24) is 0 Å². The minimum atomic E-state index is -1.19. The Morgan fingerprint density at radius 2 is 2.17 bits per heavy atom. The Hall–Kier alpha value is -0.750. The number of hydrogen-bond donors (Lipinski definition) is 2. The van der Waals surface area contributed by atoms with Gasteiger partial charge in [0.1, 0.15) is 11.9 Å². The number of rotatable bonds is 5. The Labute approximate surface area is 115 Å². The summed E-state index contributed by atoms with van der Waals surface area (Å²) in [5.74, 6) is 0.507. The summed E-state index contributed by atoms with van der Waals surface area (Å²) in [6, 6.07) is 4.94. The van der Waals surface area contributed by atoms with Crippen LogP contribution in [0, 0.1) is 0 Å². The van der Waals surface area contributed by atoms with Crippen LogP contribution in [0.5, 0.6) is 5.75 Å². The summed E-state index contributed by atoms with van der Waals surface area (Å²) in [7, 11) is 1.46. The van der Waals surface area contributed by atoms with E-state index < -0.39 is 12.2 Å². The van der Waals surface area contributed by atoms with E-state index in [0.717, 1.165) is 11.8 Å². The highest BCUT2D eigenvalue weighted by Crippen LogP contribution is 2.34. The van der Waals surface area contributed by atoms with E-state index >= 15 is 0 Å². The first-order valence-corrected chi connectivity index (χ1v) is 6.65. The van der Waals surface area contributed by atoms with Gasteiger partial charge in [0.25, 0.3) is 0 Å². The molecule has 0 aliphatic carbocycles. The summed E-state index contributed by atoms with van der Waals surface area (Å²) in [6.07, 6.45) is -2.28. The topological polar surface area (TPSA) is 66.8 Å². The van der Waals surface area contributed by atoms with Gasteiger partial charge in [0, 0.05) is 18.2 Å². The van der Waals surface area contributed by atoms with Crippen LogP contribution < -0.4 is 4.74 Å². The predicted octanol–water partition coefficient (Wildman–Crippen LogP) is 2.02. The maximum Gasteiger partial charge on any atom is 0.185 e. The smallest absolute Gasteiger partial charge is 0.185 e. The van der Waals surface area contributed by atoms with Crippen LogP contribution in [0.3, 0.4) is 0 Å². The second-order valence-electron chi connectivity index (χ2n) is 3.67. The summed E-state index contributed by atoms with van der Waals surface area (Å²) in [5, 5.41) is 20.1. The Bertz CT molecular complexity index is 425. The van der Waals surface area contributed by atoms with Gasteiger partial charge in [-0.1, -0.05) is 29.4 Å². The molecule has 1 rings (SSSR count). The molecule has 4 nitrogen and oxygen atoms in total. The zero-order chi connectivity index (χ0) is 13.7. The molecule has 2 atom stereocenters. The van der Waals surface area contributed by atoms with Crippen molar-refractivity contribution in [2.45, 2.75) is 19.1 Å². The molecule has 18 heavy (non-hydrogen) atoms. The predicted molar refractivity (Wildman–Crippen MR) is 72.1 cm³/mol. The quantitative estimate of drug-likeness (QED) is 0.868. The lowest BCUT2D eigenvalue weighted by atomic mass is 10.0. The highest BCUT2D eigenvalue weighted by Gasteiger charge is 2.24. The normalized spacial score (nSPS) is 14.1. The van der Waals surface area contributed by atoms with Crippen molar-refractivity contribution in [2.24, 2.45) is 0 Å². The van der Waals surface area contributed by atoms with Crippen molar-refractivity contribution in [3.63, 3.8) is 0 Å². The van der Waals surface area contributed by atoms with Gasteiger partial charge in [0.2, 0.25) is 0 Å². The van der Waals surface area contributed by atoms with E-state index in [-0.39, 0.29) is 10.9 Å². The number of aliphatic hydroxyl groups is 2. The monoisotopic (exact) mass is 290 g/mol. The van der Waals surface area contributed by atoms with Crippen LogP contribution in [0.4, 0.5) is 0 Å². The molecule has 0 saturated carbocycles. The number of carbonyl (C=O) groups is 1. The zero-order valence-corrected chi connectivity index (χ0v) is 11.7. The van der Waals surface area contributed by atoms with Gasteiger partial charge in [0.05, 0.1) is 18.2 Å². The maximum atomic E-state index is 10.8. The first-order chi connectivity index (χ1) is 8.47. The summed E-state index contributed by atoms with van der Waals surface area (Å²) < 4.78 is 5.09. The summed E-state index contributed by atoms with van der Waals surface area (Å²) in [5.41, 5.74) is 0.332. The molecule has 1 aromatic rings. The van der Waals surface area contributed by atoms with E-state index in [1.807, 2.05) is 0 Å². The van der Waals surface area contributed by atoms with Crippen LogP contribution in [0.1, 0.15) is 18.6 Å². The molecule has 0 radical (unpaired) electrons. The first kappa shape index (κ1) is 15.3. The average Bonchev–Trinajstić information content (AvgIpc) is 2.34. The molecule has 2 N–H and O–H groups in total. The van der Waals surface area contributed by atoms with Crippen molar-refractivity contribution >= 4 is 28.5 Å². The molecule has 0 saturated heterocycles. The van der Waals surface area contributed by atoms with Gasteiger partial charge in [-0.05, 0) is 12.1 Å². The molecule has 0 spiro atoms. The van der Waals surface area contributed by atoms with Crippen LogP contribution >= 0.6 is 23.4 Å². The van der Waals surface area contributed by atoms with Crippen molar-refractivity contribution in [3.05, 3.63) is 28.8 Å². The molecule has 2 unspecified atom stereocenters. The van der Waals surface area contributed by atoms with E-state index in [0.29, 0.717) is 16.3 Å². The molecular weight excluding hydrogens is 276 g/mol. The number of benzene rings is 1. The van der Waals surface area contributed by atoms with Gasteiger partial charge >= 0.3 is 0 Å². The van der Waals surface area contributed by atoms with Gasteiger partial charge in [-0.25, -0.2) is 0 Å². The molecule has 0 bridgehead atoms. The molecule has 0 heterocycles. The number of ether oxygens (including phenoxy) is 1. The van der Waals surface area contributed by atoms with Crippen molar-refractivity contribution in [1.29, 1.82) is 0 Å². The Kier molecular flexibility index (Phi) is 5.95. The summed E-state index contributed by atoms with van der Waals surface area (Å²) in [4.78, 5) is 10.8. The SMILES string of the molecule is COc1cccc(Cl)c1C(O)C(O)CSC(C)=O. The molecule has 6 heteroatoms. The third kappa shape index (κ3) is 3.88. The van der Waals surface area contributed by atoms with Crippen LogP contribution in [0.2, 0.25) is 5.02 Å². The van der Waals surface area contributed by atoms with E-state index in [9.17, 15) is 15.0 Å². The highest BCUT2D eigenvalue weighted by atomic mass is 35.5. The molecule has 0 fully saturated rings. The minimum Gasteiger partial charge on any atom is -0.496 e. The van der Waals surface area contributed by atoms with Gasteiger partial charge < -0.3 is 14.9 Å². The summed E-state index contributed by atoms with van der Waals surface area (Å²) >= 11 is 6.93.